The second-order valence-corrected chi connectivity index (χ2v) is 5.93. The van der Waals surface area contributed by atoms with Crippen LogP contribution in [0.15, 0.2) is 60.8 Å². The lowest BCUT2D eigenvalue weighted by molar-refractivity contribution is -0.160. The van der Waals surface area contributed by atoms with Crippen LogP contribution < -0.4 is 0 Å². The molecule has 1 heterocycles. The van der Waals surface area contributed by atoms with Gasteiger partial charge in [0.1, 0.15) is 0 Å². The number of methoxy groups -OCH3 is 1. The van der Waals surface area contributed by atoms with Gasteiger partial charge >= 0.3 is 11.9 Å². The Morgan fingerprint density at radius 3 is 2.38 bits per heavy atom. The minimum atomic E-state index is -1.08. The van der Waals surface area contributed by atoms with Gasteiger partial charge in [-0.05, 0) is 24.1 Å². The molecule has 2 atom stereocenters. The van der Waals surface area contributed by atoms with Gasteiger partial charge in [-0.15, -0.1) is 0 Å². The fourth-order valence-corrected chi connectivity index (χ4v) is 3.29. The molecule has 0 saturated carbocycles. The van der Waals surface area contributed by atoms with Crippen LogP contribution in [0.1, 0.15) is 24.0 Å². The quantitative estimate of drug-likeness (QED) is 0.544. The number of ether oxygens (including phenoxy) is 2. The third-order valence-corrected chi connectivity index (χ3v) is 4.44. The third kappa shape index (κ3) is 3.33. The molecule has 3 rings (SSSR count). The van der Waals surface area contributed by atoms with Crippen molar-refractivity contribution >= 4 is 22.8 Å². The van der Waals surface area contributed by atoms with Crippen LogP contribution in [-0.4, -0.2) is 30.6 Å². The summed E-state index contributed by atoms with van der Waals surface area (Å²) in [7, 11) is 1.28. The van der Waals surface area contributed by atoms with Crippen molar-refractivity contribution in [3.8, 4) is 0 Å². The number of benzene rings is 2. The van der Waals surface area contributed by atoms with Gasteiger partial charge in [-0.3, -0.25) is 9.59 Å². The molecule has 0 radical (unpaired) electrons. The molecule has 134 valence electrons. The van der Waals surface area contributed by atoms with Crippen molar-refractivity contribution < 1.29 is 19.1 Å². The van der Waals surface area contributed by atoms with Gasteiger partial charge in [0.15, 0.2) is 5.92 Å². The summed E-state index contributed by atoms with van der Waals surface area (Å²) in [5.74, 6) is -2.79. The van der Waals surface area contributed by atoms with Crippen molar-refractivity contribution in [1.29, 1.82) is 0 Å². The average Bonchev–Trinajstić information content (AvgIpc) is 3.10. The number of fused-ring (bicyclic) bond motifs is 1. The number of hydrogen-bond acceptors (Lipinski definition) is 4. The summed E-state index contributed by atoms with van der Waals surface area (Å²) in [6.07, 6.45) is 1.84. The highest BCUT2D eigenvalue weighted by molar-refractivity contribution is 5.98. The van der Waals surface area contributed by atoms with Crippen molar-refractivity contribution in [2.24, 2.45) is 5.92 Å². The molecule has 0 amide bonds. The molecule has 0 aliphatic heterocycles. The topological polar surface area (TPSA) is 68.4 Å². The van der Waals surface area contributed by atoms with Gasteiger partial charge in [-0.2, -0.15) is 0 Å². The molecule has 2 aromatic carbocycles. The number of aromatic amines is 1. The van der Waals surface area contributed by atoms with E-state index in [1.165, 1.54) is 7.11 Å². The van der Waals surface area contributed by atoms with E-state index in [0.717, 1.165) is 22.0 Å². The SMILES string of the molecule is CCOC(=O)[C@@H](C(=O)OC)[C@@H](c1ccccc1)c1c[nH]c2ccccc12. The summed E-state index contributed by atoms with van der Waals surface area (Å²) in [5, 5.41) is 0.958. The van der Waals surface area contributed by atoms with Crippen molar-refractivity contribution in [2.45, 2.75) is 12.8 Å². The molecule has 0 saturated heterocycles. The molecule has 0 aliphatic rings. The fourth-order valence-electron chi connectivity index (χ4n) is 3.29. The molecule has 0 unspecified atom stereocenters. The van der Waals surface area contributed by atoms with Gasteiger partial charge in [-0.25, -0.2) is 0 Å². The maximum atomic E-state index is 12.7. The number of esters is 2. The van der Waals surface area contributed by atoms with Crippen LogP contribution in [0, 0.1) is 5.92 Å². The minimum absolute atomic E-state index is 0.196. The second-order valence-electron chi connectivity index (χ2n) is 5.93. The molecule has 5 nitrogen and oxygen atoms in total. The molecule has 3 aromatic rings. The maximum absolute atomic E-state index is 12.7. The molecule has 1 aromatic heterocycles. The lowest BCUT2D eigenvalue weighted by atomic mass is 9.80. The zero-order valence-corrected chi connectivity index (χ0v) is 14.8. The summed E-state index contributed by atoms with van der Waals surface area (Å²) in [6.45, 7) is 1.91. The number of nitrogens with one attached hydrogen (secondary N) is 1. The van der Waals surface area contributed by atoms with Crippen LogP contribution in [0.25, 0.3) is 10.9 Å². The van der Waals surface area contributed by atoms with E-state index in [9.17, 15) is 9.59 Å². The summed E-state index contributed by atoms with van der Waals surface area (Å²) in [4.78, 5) is 28.4. The van der Waals surface area contributed by atoms with Gasteiger partial charge in [0.05, 0.1) is 13.7 Å². The highest BCUT2D eigenvalue weighted by atomic mass is 16.5. The first-order valence-corrected chi connectivity index (χ1v) is 8.52. The van der Waals surface area contributed by atoms with E-state index < -0.39 is 23.8 Å². The van der Waals surface area contributed by atoms with Crippen LogP contribution in [-0.2, 0) is 19.1 Å². The van der Waals surface area contributed by atoms with E-state index in [0.29, 0.717) is 0 Å². The predicted octanol–water partition coefficient (Wildman–Crippen LogP) is 3.65. The zero-order chi connectivity index (χ0) is 18.5. The third-order valence-electron chi connectivity index (χ3n) is 4.44. The molecule has 0 bridgehead atoms. The van der Waals surface area contributed by atoms with Gasteiger partial charge in [0.25, 0.3) is 0 Å². The summed E-state index contributed by atoms with van der Waals surface area (Å²) < 4.78 is 10.1. The standard InChI is InChI=1S/C21H21NO4/c1-3-26-21(24)19(20(23)25-2)18(14-9-5-4-6-10-14)16-13-22-17-12-8-7-11-15(16)17/h4-13,18-19,22H,3H2,1-2H3/t18-,19+/m0/s1. The summed E-state index contributed by atoms with van der Waals surface area (Å²) >= 11 is 0. The first-order chi connectivity index (χ1) is 12.7. The largest absolute Gasteiger partial charge is 0.468 e. The van der Waals surface area contributed by atoms with Gasteiger partial charge in [0.2, 0.25) is 0 Å². The van der Waals surface area contributed by atoms with E-state index in [2.05, 4.69) is 4.98 Å². The van der Waals surface area contributed by atoms with Crippen LogP contribution in [0.3, 0.4) is 0 Å². The van der Waals surface area contributed by atoms with Gasteiger partial charge in [-0.1, -0.05) is 48.5 Å². The summed E-state index contributed by atoms with van der Waals surface area (Å²) in [6, 6.07) is 17.3. The van der Waals surface area contributed by atoms with Crippen molar-refractivity contribution in [2.75, 3.05) is 13.7 Å². The first-order valence-electron chi connectivity index (χ1n) is 8.52. The molecule has 0 fully saturated rings. The molecule has 5 heteroatoms. The molecular weight excluding hydrogens is 330 g/mol. The Balaban J connectivity index is 2.20. The Morgan fingerprint density at radius 2 is 1.69 bits per heavy atom. The van der Waals surface area contributed by atoms with E-state index in [-0.39, 0.29) is 6.61 Å². The Morgan fingerprint density at radius 1 is 1.00 bits per heavy atom. The maximum Gasteiger partial charge on any atom is 0.321 e. The molecule has 0 aliphatic carbocycles. The fraction of sp³-hybridized carbons (Fsp3) is 0.238. The highest BCUT2D eigenvalue weighted by Gasteiger charge is 2.40. The number of aromatic nitrogens is 1. The lowest BCUT2D eigenvalue weighted by Gasteiger charge is -2.24. The Bertz CT molecular complexity index is 901. The number of carbonyl (C=O) groups is 2. The number of para-hydroxylation sites is 1. The van der Waals surface area contributed by atoms with Crippen LogP contribution >= 0.6 is 0 Å². The Kier molecular flexibility index (Phi) is 5.37. The number of rotatable bonds is 6. The smallest absolute Gasteiger partial charge is 0.321 e. The average molecular weight is 351 g/mol. The van der Waals surface area contributed by atoms with Gasteiger partial charge in [0, 0.05) is 23.0 Å². The van der Waals surface area contributed by atoms with Crippen LogP contribution in [0.5, 0.6) is 0 Å². The van der Waals surface area contributed by atoms with Crippen LogP contribution in [0.2, 0.25) is 0 Å². The predicted molar refractivity (Wildman–Crippen MR) is 98.7 cm³/mol. The molecule has 1 N–H and O–H groups in total. The van der Waals surface area contributed by atoms with E-state index >= 15 is 0 Å². The highest BCUT2D eigenvalue weighted by Crippen LogP contribution is 2.37. The number of hydrogen-bond donors (Lipinski definition) is 1. The van der Waals surface area contributed by atoms with Crippen LogP contribution in [0.4, 0.5) is 0 Å². The molecule has 26 heavy (non-hydrogen) atoms. The minimum Gasteiger partial charge on any atom is -0.468 e. The normalized spacial score (nSPS) is 13.2. The lowest BCUT2D eigenvalue weighted by Crippen LogP contribution is -2.33. The first kappa shape index (κ1) is 17.7. The molecule has 0 spiro atoms. The zero-order valence-electron chi connectivity index (χ0n) is 14.8. The van der Waals surface area contributed by atoms with Crippen molar-refractivity contribution in [3.05, 3.63) is 71.9 Å². The Labute approximate surface area is 151 Å². The molecular formula is C21H21NO4. The van der Waals surface area contributed by atoms with E-state index in [1.54, 1.807) is 6.92 Å². The van der Waals surface area contributed by atoms with E-state index in [4.69, 9.17) is 9.47 Å². The van der Waals surface area contributed by atoms with Crippen molar-refractivity contribution in [1.82, 2.24) is 4.98 Å². The second kappa shape index (κ2) is 7.87. The van der Waals surface area contributed by atoms with Crippen molar-refractivity contribution in [3.63, 3.8) is 0 Å². The summed E-state index contributed by atoms with van der Waals surface area (Å²) in [5.41, 5.74) is 2.65. The van der Waals surface area contributed by atoms with E-state index in [1.807, 2.05) is 60.8 Å². The number of H-pyrrole nitrogens is 1. The monoisotopic (exact) mass is 351 g/mol. The van der Waals surface area contributed by atoms with Gasteiger partial charge < -0.3 is 14.5 Å². The number of carbonyl (C=O) groups excluding carboxylic acids is 2. The Hall–Kier alpha value is -3.08.